The number of carboxylic acid groups (broad SMARTS) is 1. The molecule has 8 nitrogen and oxygen atoms in total. The summed E-state index contributed by atoms with van der Waals surface area (Å²) in [5.41, 5.74) is 3.35. The molecule has 1 heterocycles. The van der Waals surface area contributed by atoms with E-state index in [9.17, 15) is 14.7 Å². The molecule has 5 rings (SSSR count). The van der Waals surface area contributed by atoms with Crippen molar-refractivity contribution in [2.24, 2.45) is 0 Å². The van der Waals surface area contributed by atoms with E-state index in [-0.39, 0.29) is 17.6 Å². The number of hydrogen-bond donors (Lipinski definition) is 1. The number of nitrogens with zero attached hydrogens (tertiary/aromatic N) is 2. The predicted molar refractivity (Wildman–Crippen MR) is 145 cm³/mol. The van der Waals surface area contributed by atoms with E-state index in [0.29, 0.717) is 40.3 Å². The summed E-state index contributed by atoms with van der Waals surface area (Å²) in [4.78, 5) is 26.4. The van der Waals surface area contributed by atoms with Crippen molar-refractivity contribution in [1.82, 2.24) is 10.3 Å². The third-order valence-corrected chi connectivity index (χ3v) is 6.24. The summed E-state index contributed by atoms with van der Waals surface area (Å²) in [6.07, 6.45) is 0.0839. The van der Waals surface area contributed by atoms with Crippen molar-refractivity contribution in [2.45, 2.75) is 13.0 Å². The van der Waals surface area contributed by atoms with Crippen molar-refractivity contribution < 1.29 is 28.8 Å². The van der Waals surface area contributed by atoms with Crippen molar-refractivity contribution in [3.05, 3.63) is 125 Å². The lowest BCUT2D eigenvalue weighted by Crippen LogP contribution is -2.14. The first-order valence-electron chi connectivity index (χ1n) is 12.2. The van der Waals surface area contributed by atoms with Crippen LogP contribution >= 0.6 is 0 Å². The zero-order chi connectivity index (χ0) is 27.2. The Morgan fingerprint density at radius 2 is 1.44 bits per heavy atom. The molecule has 39 heavy (non-hydrogen) atoms. The minimum absolute atomic E-state index is 0.0839. The molecule has 1 aromatic heterocycles. The van der Waals surface area contributed by atoms with Gasteiger partial charge in [-0.3, -0.25) is 4.79 Å². The van der Waals surface area contributed by atoms with E-state index in [1.807, 2.05) is 42.5 Å². The Kier molecular flexibility index (Phi) is 7.45. The molecule has 0 atom stereocenters. The molecule has 0 amide bonds. The monoisotopic (exact) mass is 520 g/mol. The van der Waals surface area contributed by atoms with Gasteiger partial charge in [-0.05, 0) is 75.5 Å². The van der Waals surface area contributed by atoms with Crippen LogP contribution in [0, 0.1) is 0 Å². The topological polar surface area (TPSA) is 112 Å². The zero-order valence-electron chi connectivity index (χ0n) is 21.0. The van der Waals surface area contributed by atoms with Crippen LogP contribution in [0.5, 0.6) is 11.5 Å². The number of rotatable bonds is 10. The molecule has 0 aliphatic carbocycles. The van der Waals surface area contributed by atoms with Gasteiger partial charge in [0.2, 0.25) is 0 Å². The van der Waals surface area contributed by atoms with Crippen LogP contribution in [0.1, 0.15) is 27.0 Å². The molecule has 0 saturated carbocycles. The molecule has 0 radical (unpaired) electrons. The van der Waals surface area contributed by atoms with Gasteiger partial charge in [-0.25, -0.2) is 9.42 Å². The molecule has 5 aromatic rings. The number of carboxylic acids is 1. The smallest absolute Gasteiger partial charge is 0.336 e. The third kappa shape index (κ3) is 5.86. The summed E-state index contributed by atoms with van der Waals surface area (Å²) in [6.45, 7) is 0.420. The molecule has 0 spiro atoms. The number of allylic oxidation sites excluding steroid dienone is 1. The summed E-state index contributed by atoms with van der Waals surface area (Å²) in [5.74, 6) is -0.383. The van der Waals surface area contributed by atoms with Gasteiger partial charge in [-0.2, -0.15) is 0 Å². The molecule has 0 aliphatic rings. The van der Waals surface area contributed by atoms with Gasteiger partial charge in [0.15, 0.2) is 5.78 Å². The van der Waals surface area contributed by atoms with E-state index in [1.54, 1.807) is 54.6 Å². The molecular weight excluding hydrogens is 496 g/mol. The van der Waals surface area contributed by atoms with Gasteiger partial charge in [0.25, 0.3) is 0 Å². The lowest BCUT2D eigenvalue weighted by molar-refractivity contribution is -0.130. The van der Waals surface area contributed by atoms with E-state index in [1.165, 1.54) is 7.11 Å². The molecule has 8 heteroatoms. The molecule has 4 aromatic carbocycles. The van der Waals surface area contributed by atoms with Crippen molar-refractivity contribution >= 4 is 28.4 Å². The fraction of sp³-hybridized carbons (Fsp3) is 0.0968. The van der Waals surface area contributed by atoms with Gasteiger partial charge in [0.1, 0.15) is 29.1 Å². The Balaban J connectivity index is 1.50. The number of methoxy groups -OCH3 is 1. The van der Waals surface area contributed by atoms with Crippen molar-refractivity contribution in [3.63, 3.8) is 0 Å². The van der Waals surface area contributed by atoms with Gasteiger partial charge in [-0.1, -0.05) is 48.5 Å². The summed E-state index contributed by atoms with van der Waals surface area (Å²) in [5, 5.41) is 17.9. The average molecular weight is 521 g/mol. The summed E-state index contributed by atoms with van der Waals surface area (Å²) in [7, 11) is 1.53. The second kappa shape index (κ2) is 11.4. The number of aliphatic carboxylic acids is 1. The van der Waals surface area contributed by atoms with Crippen molar-refractivity contribution in [2.75, 3.05) is 7.11 Å². The molecule has 0 saturated heterocycles. The number of ether oxygens (including phenoxy) is 2. The Morgan fingerprint density at radius 1 is 0.769 bits per heavy atom. The fourth-order valence-corrected chi connectivity index (χ4v) is 4.21. The zero-order valence-corrected chi connectivity index (χ0v) is 21.0. The van der Waals surface area contributed by atoms with Crippen LogP contribution < -0.4 is 9.47 Å². The van der Waals surface area contributed by atoms with Crippen molar-refractivity contribution in [1.29, 1.82) is 0 Å². The second-order valence-corrected chi connectivity index (χ2v) is 8.78. The molecule has 0 bridgehead atoms. The predicted octanol–water partition coefficient (Wildman–Crippen LogP) is 5.77. The van der Waals surface area contributed by atoms with Crippen LogP contribution in [0.15, 0.2) is 107 Å². The number of benzene rings is 4. The standard InChI is InChI=1S/C31H24N2O6/c1-37-24-14-9-22(10-15-24)30(34)26(29(31(35)36)23-11-16-27-28(18-23)33-39-32-27)17-20-7-12-25(13-8-20)38-19-21-5-3-2-4-6-21/h2-16,18H,17,19H2,1H3,(H,35,36). The fourth-order valence-electron chi connectivity index (χ4n) is 4.21. The van der Waals surface area contributed by atoms with Crippen LogP contribution in [0.4, 0.5) is 0 Å². The van der Waals surface area contributed by atoms with Crippen LogP contribution in [-0.4, -0.2) is 34.3 Å². The lowest BCUT2D eigenvalue weighted by atomic mass is 9.89. The van der Waals surface area contributed by atoms with E-state index >= 15 is 0 Å². The first-order valence-corrected chi connectivity index (χ1v) is 12.2. The first-order chi connectivity index (χ1) is 19.0. The van der Waals surface area contributed by atoms with E-state index in [0.717, 1.165) is 11.1 Å². The highest BCUT2D eigenvalue weighted by atomic mass is 16.6. The van der Waals surface area contributed by atoms with Crippen LogP contribution in [0.25, 0.3) is 16.6 Å². The number of aromatic nitrogens is 2. The number of ketones is 1. The number of Topliss-reactive ketones (excluding diaryl/α,β-unsaturated/α-hetero) is 1. The number of fused-ring (bicyclic) bond motifs is 1. The highest BCUT2D eigenvalue weighted by Crippen LogP contribution is 2.28. The average Bonchev–Trinajstić information content (AvgIpc) is 3.45. The normalized spacial score (nSPS) is 11.6. The Morgan fingerprint density at radius 3 is 2.13 bits per heavy atom. The summed E-state index contributed by atoms with van der Waals surface area (Å²) >= 11 is 0. The first kappa shape index (κ1) is 25.4. The highest BCUT2D eigenvalue weighted by Gasteiger charge is 2.24. The maximum Gasteiger partial charge on any atom is 0.336 e. The van der Waals surface area contributed by atoms with Crippen LogP contribution in [-0.2, 0) is 17.8 Å². The van der Waals surface area contributed by atoms with Gasteiger partial charge in [-0.15, -0.1) is 0 Å². The molecule has 0 unspecified atom stereocenters. The third-order valence-electron chi connectivity index (χ3n) is 6.24. The van der Waals surface area contributed by atoms with Gasteiger partial charge < -0.3 is 14.6 Å². The van der Waals surface area contributed by atoms with Gasteiger partial charge >= 0.3 is 5.97 Å². The number of hydrogen-bond acceptors (Lipinski definition) is 7. The van der Waals surface area contributed by atoms with Gasteiger partial charge in [0, 0.05) is 17.6 Å². The Hall–Kier alpha value is -5.24. The highest BCUT2D eigenvalue weighted by molar-refractivity contribution is 6.26. The minimum Gasteiger partial charge on any atom is -0.497 e. The SMILES string of the molecule is COc1ccc(C(=O)C(Cc2ccc(OCc3ccccc3)cc2)=C(C(=O)O)c2ccc3nonc3c2)cc1. The molecule has 1 N–H and O–H groups in total. The number of carbonyl (C=O) groups excluding carboxylic acids is 1. The Labute approximate surface area is 224 Å². The van der Waals surface area contributed by atoms with Crippen LogP contribution in [0.2, 0.25) is 0 Å². The summed E-state index contributed by atoms with van der Waals surface area (Å²) < 4.78 is 15.8. The quantitative estimate of drug-likeness (QED) is 0.182. The lowest BCUT2D eigenvalue weighted by Gasteiger charge is -2.14. The second-order valence-electron chi connectivity index (χ2n) is 8.78. The minimum atomic E-state index is -1.23. The van der Waals surface area contributed by atoms with Gasteiger partial charge in [0.05, 0.1) is 12.7 Å². The Bertz CT molecular complexity index is 1640. The largest absolute Gasteiger partial charge is 0.497 e. The van der Waals surface area contributed by atoms with E-state index in [2.05, 4.69) is 10.3 Å². The van der Waals surface area contributed by atoms with E-state index in [4.69, 9.17) is 14.1 Å². The van der Waals surface area contributed by atoms with E-state index < -0.39 is 11.8 Å². The summed E-state index contributed by atoms with van der Waals surface area (Å²) in [6, 6.07) is 28.4. The maximum atomic E-state index is 13.8. The number of carbonyl (C=O) groups is 2. The molecule has 0 aliphatic heterocycles. The maximum absolute atomic E-state index is 13.8. The molecule has 194 valence electrons. The van der Waals surface area contributed by atoms with Crippen LogP contribution in [0.3, 0.4) is 0 Å². The van der Waals surface area contributed by atoms with Crippen molar-refractivity contribution in [3.8, 4) is 11.5 Å². The molecule has 0 fully saturated rings. The molecular formula is C31H24N2O6.